The lowest BCUT2D eigenvalue weighted by Gasteiger charge is -1.96. The van der Waals surface area contributed by atoms with Gasteiger partial charge in [-0.25, -0.2) is 9.18 Å². The molecule has 0 saturated carbocycles. The molecule has 0 radical (unpaired) electrons. The smallest absolute Gasteiger partial charge is 0.338 e. The molecule has 4 heteroatoms. The molecule has 3 nitrogen and oxygen atoms in total. The van der Waals surface area contributed by atoms with Crippen molar-refractivity contribution in [2.75, 3.05) is 0 Å². The van der Waals surface area contributed by atoms with Crippen molar-refractivity contribution in [2.45, 2.75) is 0 Å². The van der Waals surface area contributed by atoms with Crippen LogP contribution in [0.1, 0.15) is 20.7 Å². The average molecular weight is 168 g/mol. The molecular formula is C8H5FO3. The molecule has 12 heavy (non-hydrogen) atoms. The summed E-state index contributed by atoms with van der Waals surface area (Å²) in [6.07, 6.45) is 0.453. The summed E-state index contributed by atoms with van der Waals surface area (Å²) in [5.74, 6) is -2.24. The monoisotopic (exact) mass is 168 g/mol. The standard InChI is InChI=1S/C8H5FO3/c9-7-3-5(4-10)1-2-6(7)8(11)12/h1-4H,(H,11,12). The van der Waals surface area contributed by atoms with Crippen molar-refractivity contribution in [1.29, 1.82) is 0 Å². The highest BCUT2D eigenvalue weighted by Crippen LogP contribution is 2.08. The Labute approximate surface area is 67.4 Å². The minimum Gasteiger partial charge on any atom is -0.478 e. The fourth-order valence-electron chi connectivity index (χ4n) is 0.778. The summed E-state index contributed by atoms with van der Waals surface area (Å²) < 4.78 is 12.7. The summed E-state index contributed by atoms with van der Waals surface area (Å²) in [5, 5.41) is 8.40. The van der Waals surface area contributed by atoms with Gasteiger partial charge in [0.2, 0.25) is 0 Å². The number of hydrogen-bond acceptors (Lipinski definition) is 2. The van der Waals surface area contributed by atoms with Crippen LogP contribution in [0, 0.1) is 5.82 Å². The van der Waals surface area contributed by atoms with Crippen LogP contribution in [0.5, 0.6) is 0 Å². The van der Waals surface area contributed by atoms with Crippen LogP contribution >= 0.6 is 0 Å². The molecule has 1 aromatic rings. The zero-order valence-corrected chi connectivity index (χ0v) is 5.95. The second-order valence-corrected chi connectivity index (χ2v) is 2.16. The van der Waals surface area contributed by atoms with Gasteiger partial charge in [-0.2, -0.15) is 0 Å². The highest BCUT2D eigenvalue weighted by molar-refractivity contribution is 5.89. The first-order valence-corrected chi connectivity index (χ1v) is 3.13. The molecule has 0 fully saturated rings. The predicted molar refractivity (Wildman–Crippen MR) is 38.7 cm³/mol. The van der Waals surface area contributed by atoms with Gasteiger partial charge in [-0.05, 0) is 12.1 Å². The highest BCUT2D eigenvalue weighted by Gasteiger charge is 2.09. The number of carbonyl (C=O) groups is 2. The third-order valence-corrected chi connectivity index (χ3v) is 1.36. The van der Waals surface area contributed by atoms with Crippen LogP contribution in [-0.2, 0) is 0 Å². The molecule has 1 rings (SSSR count). The fourth-order valence-corrected chi connectivity index (χ4v) is 0.778. The predicted octanol–water partition coefficient (Wildman–Crippen LogP) is 1.34. The lowest BCUT2D eigenvalue weighted by atomic mass is 10.1. The molecule has 1 aromatic carbocycles. The van der Waals surface area contributed by atoms with Crippen LogP contribution in [0.15, 0.2) is 18.2 Å². The molecule has 0 aliphatic rings. The van der Waals surface area contributed by atoms with Crippen LogP contribution in [0.4, 0.5) is 4.39 Å². The maximum Gasteiger partial charge on any atom is 0.338 e. The summed E-state index contributed by atoms with van der Waals surface area (Å²) in [5.41, 5.74) is -0.307. The van der Waals surface area contributed by atoms with Crippen molar-refractivity contribution < 1.29 is 19.1 Å². The van der Waals surface area contributed by atoms with Gasteiger partial charge in [-0.3, -0.25) is 4.79 Å². The van der Waals surface area contributed by atoms with E-state index in [1.165, 1.54) is 6.07 Å². The summed E-state index contributed by atoms with van der Waals surface area (Å²) >= 11 is 0. The SMILES string of the molecule is O=Cc1ccc(C(=O)O)c(F)c1. The molecule has 1 N–H and O–H groups in total. The quantitative estimate of drug-likeness (QED) is 0.678. The third-order valence-electron chi connectivity index (χ3n) is 1.36. The number of aldehydes is 1. The number of halogens is 1. The number of aromatic carboxylic acids is 1. The Morgan fingerprint density at radius 1 is 1.50 bits per heavy atom. The number of hydrogen-bond donors (Lipinski definition) is 1. The van der Waals surface area contributed by atoms with Gasteiger partial charge in [-0.15, -0.1) is 0 Å². The molecule has 0 saturated heterocycles. The summed E-state index contributed by atoms with van der Waals surface area (Å²) in [4.78, 5) is 20.4. The Balaban J connectivity index is 3.20. The van der Waals surface area contributed by atoms with Crippen molar-refractivity contribution in [3.05, 3.63) is 35.1 Å². The molecule has 0 unspecified atom stereocenters. The number of carboxylic acids is 1. The van der Waals surface area contributed by atoms with E-state index in [-0.39, 0.29) is 5.56 Å². The van der Waals surface area contributed by atoms with E-state index in [0.29, 0.717) is 6.29 Å². The Morgan fingerprint density at radius 2 is 2.17 bits per heavy atom. The highest BCUT2D eigenvalue weighted by atomic mass is 19.1. The molecule has 0 aliphatic carbocycles. The molecule has 0 bridgehead atoms. The largest absolute Gasteiger partial charge is 0.478 e. The molecule has 0 atom stereocenters. The number of carboxylic acid groups (broad SMARTS) is 1. The first-order chi connectivity index (χ1) is 5.65. The molecule has 0 aromatic heterocycles. The molecule has 0 aliphatic heterocycles. The fraction of sp³-hybridized carbons (Fsp3) is 0. The van der Waals surface area contributed by atoms with Crippen molar-refractivity contribution >= 4 is 12.3 Å². The van der Waals surface area contributed by atoms with E-state index in [2.05, 4.69) is 0 Å². The summed E-state index contributed by atoms with van der Waals surface area (Å²) in [6, 6.07) is 3.19. The zero-order chi connectivity index (χ0) is 9.14. The van der Waals surface area contributed by atoms with Gasteiger partial charge in [-0.1, -0.05) is 6.07 Å². The van der Waals surface area contributed by atoms with Gasteiger partial charge >= 0.3 is 5.97 Å². The second kappa shape index (κ2) is 3.13. The van der Waals surface area contributed by atoms with E-state index < -0.39 is 17.3 Å². The topological polar surface area (TPSA) is 54.4 Å². The van der Waals surface area contributed by atoms with E-state index in [1.807, 2.05) is 0 Å². The van der Waals surface area contributed by atoms with E-state index in [9.17, 15) is 14.0 Å². The van der Waals surface area contributed by atoms with Crippen LogP contribution in [0.25, 0.3) is 0 Å². The van der Waals surface area contributed by atoms with Gasteiger partial charge in [0.1, 0.15) is 12.1 Å². The second-order valence-electron chi connectivity index (χ2n) is 2.16. The van der Waals surface area contributed by atoms with Gasteiger partial charge < -0.3 is 5.11 Å². The van der Waals surface area contributed by atoms with Crippen molar-refractivity contribution in [3.63, 3.8) is 0 Å². The van der Waals surface area contributed by atoms with Crippen LogP contribution < -0.4 is 0 Å². The minimum absolute atomic E-state index is 0.123. The van der Waals surface area contributed by atoms with Crippen LogP contribution in [0.3, 0.4) is 0 Å². The Kier molecular flexibility index (Phi) is 2.19. The Hall–Kier alpha value is -1.71. The van der Waals surface area contributed by atoms with Crippen LogP contribution in [0.2, 0.25) is 0 Å². The molecule has 0 amide bonds. The average Bonchev–Trinajstić information content (AvgIpc) is 2.03. The normalized spacial score (nSPS) is 9.42. The lowest BCUT2D eigenvalue weighted by Crippen LogP contribution is -2.00. The van der Waals surface area contributed by atoms with Crippen molar-refractivity contribution in [3.8, 4) is 0 Å². The maximum atomic E-state index is 12.7. The minimum atomic E-state index is -1.34. The zero-order valence-electron chi connectivity index (χ0n) is 5.95. The maximum absolute atomic E-state index is 12.7. The number of carbonyl (C=O) groups excluding carboxylic acids is 1. The van der Waals surface area contributed by atoms with E-state index in [4.69, 9.17) is 5.11 Å². The Bertz CT molecular complexity index is 333. The van der Waals surface area contributed by atoms with Gasteiger partial charge in [0.05, 0.1) is 5.56 Å². The number of rotatable bonds is 2. The third kappa shape index (κ3) is 1.47. The van der Waals surface area contributed by atoms with E-state index in [0.717, 1.165) is 12.1 Å². The van der Waals surface area contributed by atoms with Crippen molar-refractivity contribution in [1.82, 2.24) is 0 Å². The first kappa shape index (κ1) is 8.39. The summed E-state index contributed by atoms with van der Waals surface area (Å²) in [7, 11) is 0. The first-order valence-electron chi connectivity index (χ1n) is 3.13. The Morgan fingerprint density at radius 3 is 2.58 bits per heavy atom. The summed E-state index contributed by atoms with van der Waals surface area (Å²) in [6.45, 7) is 0. The van der Waals surface area contributed by atoms with Crippen molar-refractivity contribution in [2.24, 2.45) is 0 Å². The lowest BCUT2D eigenvalue weighted by molar-refractivity contribution is 0.0691. The van der Waals surface area contributed by atoms with E-state index >= 15 is 0 Å². The molecule has 0 heterocycles. The van der Waals surface area contributed by atoms with Crippen LogP contribution in [-0.4, -0.2) is 17.4 Å². The molecular weight excluding hydrogens is 163 g/mol. The van der Waals surface area contributed by atoms with E-state index in [1.54, 1.807) is 0 Å². The number of benzene rings is 1. The van der Waals surface area contributed by atoms with Gasteiger partial charge in [0.25, 0.3) is 0 Å². The molecule has 62 valence electrons. The van der Waals surface area contributed by atoms with Gasteiger partial charge in [0.15, 0.2) is 0 Å². The molecule has 0 spiro atoms. The van der Waals surface area contributed by atoms with Gasteiger partial charge in [0, 0.05) is 5.56 Å².